The number of hydrogen-bond acceptors (Lipinski definition) is 6. The van der Waals surface area contributed by atoms with Gasteiger partial charge in [0.15, 0.2) is 0 Å². The number of pyridine rings is 1. The molecule has 0 fully saturated rings. The molecule has 1 unspecified atom stereocenters. The molecule has 35 heavy (non-hydrogen) atoms. The van der Waals surface area contributed by atoms with E-state index in [2.05, 4.69) is 15.6 Å². The summed E-state index contributed by atoms with van der Waals surface area (Å²) in [6, 6.07) is 8.54. The number of hydrogen-bond donors (Lipinski definition) is 2. The van der Waals surface area contributed by atoms with Crippen LogP contribution >= 0.6 is 0 Å². The van der Waals surface area contributed by atoms with Gasteiger partial charge in [-0.25, -0.2) is 4.79 Å². The van der Waals surface area contributed by atoms with Crippen molar-refractivity contribution in [3.05, 3.63) is 54.4 Å². The summed E-state index contributed by atoms with van der Waals surface area (Å²) in [5.74, 6) is -1.26. The third-order valence-corrected chi connectivity index (χ3v) is 5.47. The van der Waals surface area contributed by atoms with Gasteiger partial charge in [0.05, 0.1) is 24.3 Å². The van der Waals surface area contributed by atoms with Crippen molar-refractivity contribution in [2.45, 2.75) is 51.8 Å². The normalized spacial score (nSPS) is 16.3. The summed E-state index contributed by atoms with van der Waals surface area (Å²) < 4.78 is 5.32. The van der Waals surface area contributed by atoms with Crippen LogP contribution in [0.4, 0.5) is 16.2 Å². The topological polar surface area (TPSA) is 121 Å². The Labute approximate surface area is 204 Å². The lowest BCUT2D eigenvalue weighted by molar-refractivity contribution is -0.129. The minimum Gasteiger partial charge on any atom is -0.444 e. The molecule has 10 nitrogen and oxygen atoms in total. The number of amides is 4. The maximum atomic E-state index is 13.3. The molecule has 2 N–H and O–H groups in total. The molecular formula is C25H31N5O5. The molecule has 10 heteroatoms. The Morgan fingerprint density at radius 3 is 2.60 bits per heavy atom. The highest BCUT2D eigenvalue weighted by atomic mass is 16.6. The number of fused-ring (bicyclic) bond motifs is 1. The first kappa shape index (κ1) is 25.7. The molecule has 1 aliphatic rings. The van der Waals surface area contributed by atoms with E-state index in [1.807, 2.05) is 0 Å². The Kier molecular flexibility index (Phi) is 7.73. The minimum absolute atomic E-state index is 0.0729. The van der Waals surface area contributed by atoms with Gasteiger partial charge in [0.25, 0.3) is 0 Å². The molecular weight excluding hydrogens is 450 g/mol. The number of benzene rings is 1. The van der Waals surface area contributed by atoms with Crippen LogP contribution in [0.3, 0.4) is 0 Å². The fourth-order valence-electron chi connectivity index (χ4n) is 3.48. The van der Waals surface area contributed by atoms with Crippen LogP contribution in [0.15, 0.2) is 48.8 Å². The van der Waals surface area contributed by atoms with Gasteiger partial charge in [0.2, 0.25) is 17.7 Å². The summed E-state index contributed by atoms with van der Waals surface area (Å²) in [7, 11) is 1.45. The highest BCUT2D eigenvalue weighted by Gasteiger charge is 2.34. The van der Waals surface area contributed by atoms with Crippen LogP contribution in [-0.2, 0) is 25.5 Å². The molecule has 0 bridgehead atoms. The van der Waals surface area contributed by atoms with E-state index in [9.17, 15) is 19.2 Å². The number of rotatable bonds is 5. The number of para-hydroxylation sites is 2. The van der Waals surface area contributed by atoms with E-state index in [1.165, 1.54) is 18.9 Å². The van der Waals surface area contributed by atoms with E-state index in [0.29, 0.717) is 11.4 Å². The predicted molar refractivity (Wildman–Crippen MR) is 131 cm³/mol. The molecule has 2 heterocycles. The zero-order valence-electron chi connectivity index (χ0n) is 20.6. The highest BCUT2D eigenvalue weighted by Crippen LogP contribution is 2.29. The second kappa shape index (κ2) is 10.5. The molecule has 0 saturated carbocycles. The fraction of sp³-hybridized carbons (Fsp3) is 0.400. The smallest absolute Gasteiger partial charge is 0.410 e. The van der Waals surface area contributed by atoms with Crippen molar-refractivity contribution in [3.8, 4) is 0 Å². The van der Waals surface area contributed by atoms with Gasteiger partial charge >= 0.3 is 6.09 Å². The van der Waals surface area contributed by atoms with Crippen molar-refractivity contribution in [2.75, 3.05) is 23.8 Å². The Morgan fingerprint density at radius 1 is 1.23 bits per heavy atom. The van der Waals surface area contributed by atoms with E-state index >= 15 is 0 Å². The molecule has 0 radical (unpaired) electrons. The maximum Gasteiger partial charge on any atom is 0.410 e. The highest BCUT2D eigenvalue weighted by molar-refractivity contribution is 6.07. The van der Waals surface area contributed by atoms with E-state index < -0.39 is 35.6 Å². The molecule has 0 spiro atoms. The van der Waals surface area contributed by atoms with Gasteiger partial charge in [-0.15, -0.1) is 0 Å². The van der Waals surface area contributed by atoms with Crippen molar-refractivity contribution in [1.29, 1.82) is 0 Å². The average molecular weight is 482 g/mol. The molecule has 1 aromatic carbocycles. The quantitative estimate of drug-likeness (QED) is 0.676. The average Bonchev–Trinajstić information content (AvgIpc) is 2.93. The Bertz CT molecular complexity index is 1100. The molecule has 0 aliphatic carbocycles. The SMILES string of the molecule is CC(C(=O)N[C@H]1CN(C(=O)Cc2cccnc2)c2ccccc2NC1=O)N(C)C(=O)OC(C)(C)C. The van der Waals surface area contributed by atoms with Crippen molar-refractivity contribution >= 4 is 35.2 Å². The van der Waals surface area contributed by atoms with Crippen LogP contribution in [0.1, 0.15) is 33.3 Å². The Balaban J connectivity index is 1.78. The molecule has 1 aliphatic heterocycles. The Morgan fingerprint density at radius 2 is 1.94 bits per heavy atom. The van der Waals surface area contributed by atoms with Gasteiger partial charge in [-0.3, -0.25) is 24.3 Å². The van der Waals surface area contributed by atoms with E-state index in [0.717, 1.165) is 10.5 Å². The fourth-order valence-corrected chi connectivity index (χ4v) is 3.48. The molecule has 2 aromatic rings. The van der Waals surface area contributed by atoms with Crippen LogP contribution < -0.4 is 15.5 Å². The van der Waals surface area contributed by atoms with Crippen molar-refractivity contribution in [2.24, 2.45) is 0 Å². The van der Waals surface area contributed by atoms with Gasteiger partial charge in [-0.05, 0) is 51.5 Å². The molecule has 1 aromatic heterocycles. The van der Waals surface area contributed by atoms with Gasteiger partial charge in [0.1, 0.15) is 17.7 Å². The largest absolute Gasteiger partial charge is 0.444 e. The zero-order chi connectivity index (χ0) is 25.8. The van der Waals surface area contributed by atoms with Crippen LogP contribution in [0.5, 0.6) is 0 Å². The molecule has 186 valence electrons. The number of anilines is 2. The number of carbonyl (C=O) groups is 4. The summed E-state index contributed by atoms with van der Waals surface area (Å²) >= 11 is 0. The number of aromatic nitrogens is 1. The third kappa shape index (κ3) is 6.56. The maximum absolute atomic E-state index is 13.3. The zero-order valence-corrected chi connectivity index (χ0v) is 20.6. The first-order chi connectivity index (χ1) is 16.5. The lowest BCUT2D eigenvalue weighted by Gasteiger charge is -2.29. The third-order valence-electron chi connectivity index (χ3n) is 5.47. The van der Waals surface area contributed by atoms with E-state index in [1.54, 1.807) is 69.6 Å². The van der Waals surface area contributed by atoms with E-state index in [-0.39, 0.29) is 18.9 Å². The van der Waals surface area contributed by atoms with Crippen LogP contribution in [0.2, 0.25) is 0 Å². The molecule has 3 rings (SSSR count). The molecule has 4 amide bonds. The summed E-state index contributed by atoms with van der Waals surface area (Å²) in [5.41, 5.74) is 1.01. The standard InChI is InChI=1S/C25H31N5O5/c1-16(29(5)24(34)35-25(2,3)4)22(32)28-19-15-30(21(31)13-17-9-8-12-26-14-17)20-11-7-6-10-18(20)27-23(19)33/h6-12,14,16,19H,13,15H2,1-5H3,(H,27,33)(H,28,32)/t16?,19-/m0/s1. The van der Waals surface area contributed by atoms with Crippen molar-refractivity contribution < 1.29 is 23.9 Å². The number of ether oxygens (including phenoxy) is 1. The predicted octanol–water partition coefficient (Wildman–Crippen LogP) is 2.35. The van der Waals surface area contributed by atoms with Gasteiger partial charge < -0.3 is 20.3 Å². The second-order valence-electron chi connectivity index (χ2n) is 9.38. The molecule has 2 atom stereocenters. The minimum atomic E-state index is -1.04. The van der Waals surface area contributed by atoms with Crippen LogP contribution in [-0.4, -0.2) is 65.0 Å². The number of nitrogens with one attached hydrogen (secondary N) is 2. The van der Waals surface area contributed by atoms with Crippen molar-refractivity contribution in [1.82, 2.24) is 15.2 Å². The number of likely N-dealkylation sites (N-methyl/N-ethyl adjacent to an activating group) is 1. The Hall–Kier alpha value is -3.95. The lowest BCUT2D eigenvalue weighted by atomic mass is 10.1. The number of carbonyl (C=O) groups excluding carboxylic acids is 4. The van der Waals surface area contributed by atoms with Gasteiger partial charge in [0, 0.05) is 19.4 Å². The summed E-state index contributed by atoms with van der Waals surface area (Å²) in [4.78, 5) is 58.3. The van der Waals surface area contributed by atoms with Gasteiger partial charge in [-0.1, -0.05) is 18.2 Å². The summed E-state index contributed by atoms with van der Waals surface area (Å²) in [5, 5.41) is 5.47. The second-order valence-corrected chi connectivity index (χ2v) is 9.38. The molecule has 0 saturated heterocycles. The van der Waals surface area contributed by atoms with E-state index in [4.69, 9.17) is 4.74 Å². The van der Waals surface area contributed by atoms with Crippen LogP contribution in [0.25, 0.3) is 0 Å². The lowest BCUT2D eigenvalue weighted by Crippen LogP contribution is -2.55. The van der Waals surface area contributed by atoms with Crippen molar-refractivity contribution in [3.63, 3.8) is 0 Å². The first-order valence-electron chi connectivity index (χ1n) is 11.3. The van der Waals surface area contributed by atoms with Gasteiger partial charge in [-0.2, -0.15) is 0 Å². The first-order valence-corrected chi connectivity index (χ1v) is 11.3. The monoisotopic (exact) mass is 481 g/mol. The number of nitrogens with zero attached hydrogens (tertiary/aromatic N) is 3. The van der Waals surface area contributed by atoms with Crippen LogP contribution in [0, 0.1) is 0 Å². The summed E-state index contributed by atoms with van der Waals surface area (Å²) in [6.45, 7) is 6.65. The summed E-state index contributed by atoms with van der Waals surface area (Å²) in [6.07, 6.45) is 2.65.